The lowest BCUT2D eigenvalue weighted by Gasteiger charge is -2.30. The highest BCUT2D eigenvalue weighted by Crippen LogP contribution is 2.26. The number of amides is 1. The van der Waals surface area contributed by atoms with Gasteiger partial charge in [-0.15, -0.1) is 0 Å². The minimum absolute atomic E-state index is 0.00971. The van der Waals surface area contributed by atoms with Crippen molar-refractivity contribution in [3.05, 3.63) is 53.1 Å². The molecule has 0 aliphatic carbocycles. The van der Waals surface area contributed by atoms with Gasteiger partial charge in [-0.05, 0) is 68.1 Å². The number of nitrogens with zero attached hydrogens (tertiary/aromatic N) is 1. The Labute approximate surface area is 176 Å². The van der Waals surface area contributed by atoms with Crippen LogP contribution in [-0.4, -0.2) is 38.9 Å². The highest BCUT2D eigenvalue weighted by molar-refractivity contribution is 7.92. The molecule has 6 nitrogen and oxygen atoms in total. The molecule has 0 bridgehead atoms. The third-order valence-electron chi connectivity index (χ3n) is 4.97. The number of rotatable bonds is 6. The second-order valence-corrected chi connectivity index (χ2v) is 9.27. The number of anilines is 1. The zero-order chi connectivity index (χ0) is 21.0. The molecular formula is C21H25ClN2O4S. The summed E-state index contributed by atoms with van der Waals surface area (Å²) in [7, 11) is -3.87. The second-order valence-electron chi connectivity index (χ2n) is 7.18. The van der Waals surface area contributed by atoms with Crippen LogP contribution < -0.4 is 9.46 Å². The molecule has 1 N–H and O–H groups in total. The van der Waals surface area contributed by atoms with Crippen LogP contribution in [-0.2, 0) is 10.0 Å². The minimum atomic E-state index is -3.87. The molecule has 29 heavy (non-hydrogen) atoms. The summed E-state index contributed by atoms with van der Waals surface area (Å²) in [5, 5.41) is 0.244. The zero-order valence-electron chi connectivity index (χ0n) is 16.5. The number of halogens is 1. The SMILES string of the molecule is CCOc1ccc(NS(=O)(=O)c2ccc(Cl)c(C(=O)N3CCC(C)CC3)c2)cc1. The van der Waals surface area contributed by atoms with E-state index in [1.54, 1.807) is 29.2 Å². The van der Waals surface area contributed by atoms with Crippen molar-refractivity contribution in [3.8, 4) is 5.75 Å². The van der Waals surface area contributed by atoms with Crippen molar-refractivity contribution in [3.63, 3.8) is 0 Å². The summed E-state index contributed by atoms with van der Waals surface area (Å²) in [6, 6.07) is 10.8. The molecule has 0 radical (unpaired) electrons. The van der Waals surface area contributed by atoms with E-state index in [4.69, 9.17) is 16.3 Å². The molecule has 0 spiro atoms. The molecule has 0 atom stereocenters. The lowest BCUT2D eigenvalue weighted by Crippen LogP contribution is -2.38. The molecule has 2 aromatic rings. The Bertz CT molecular complexity index is 969. The van der Waals surface area contributed by atoms with Gasteiger partial charge in [-0.25, -0.2) is 8.42 Å². The molecule has 1 aliphatic rings. The van der Waals surface area contributed by atoms with Crippen LogP contribution in [0, 0.1) is 5.92 Å². The summed E-state index contributed by atoms with van der Waals surface area (Å²) in [5.74, 6) is 1.00. The molecule has 3 rings (SSSR count). The molecule has 1 heterocycles. The number of sulfonamides is 1. The quantitative estimate of drug-likeness (QED) is 0.727. The summed E-state index contributed by atoms with van der Waals surface area (Å²) in [4.78, 5) is 14.6. The van der Waals surface area contributed by atoms with Gasteiger partial charge in [0, 0.05) is 18.8 Å². The maximum absolute atomic E-state index is 12.9. The van der Waals surface area contributed by atoms with E-state index in [-0.39, 0.29) is 21.4 Å². The largest absolute Gasteiger partial charge is 0.494 e. The van der Waals surface area contributed by atoms with Gasteiger partial charge in [0.25, 0.3) is 15.9 Å². The van der Waals surface area contributed by atoms with Crippen LogP contribution in [0.5, 0.6) is 5.75 Å². The standard InChI is InChI=1S/C21H25ClN2O4S/c1-3-28-17-6-4-16(5-7-17)23-29(26,27)18-8-9-20(22)19(14-18)21(25)24-12-10-15(2)11-13-24/h4-9,14-15,23H,3,10-13H2,1-2H3. The number of nitrogens with one attached hydrogen (secondary N) is 1. The first-order chi connectivity index (χ1) is 13.8. The normalized spacial score (nSPS) is 15.2. The Balaban J connectivity index is 1.81. The van der Waals surface area contributed by atoms with Gasteiger partial charge in [0.05, 0.1) is 22.1 Å². The van der Waals surface area contributed by atoms with Crippen molar-refractivity contribution >= 4 is 33.2 Å². The lowest BCUT2D eigenvalue weighted by atomic mass is 9.98. The van der Waals surface area contributed by atoms with Crippen LogP contribution >= 0.6 is 11.6 Å². The number of carbonyl (C=O) groups excluding carboxylic acids is 1. The summed E-state index contributed by atoms with van der Waals surface area (Å²) in [6.45, 7) is 5.87. The number of likely N-dealkylation sites (tertiary alicyclic amines) is 1. The molecule has 0 aromatic heterocycles. The molecule has 1 fully saturated rings. The molecule has 8 heteroatoms. The second kappa shape index (κ2) is 9.05. The molecular weight excluding hydrogens is 412 g/mol. The van der Waals surface area contributed by atoms with Crippen molar-refractivity contribution in [2.75, 3.05) is 24.4 Å². The van der Waals surface area contributed by atoms with Crippen molar-refractivity contribution < 1.29 is 17.9 Å². The highest BCUT2D eigenvalue weighted by atomic mass is 35.5. The third-order valence-corrected chi connectivity index (χ3v) is 6.68. The third kappa shape index (κ3) is 5.22. The Hall–Kier alpha value is -2.25. The summed E-state index contributed by atoms with van der Waals surface area (Å²) in [6.07, 6.45) is 1.86. The zero-order valence-corrected chi connectivity index (χ0v) is 18.1. The molecule has 0 saturated carbocycles. The number of ether oxygens (including phenoxy) is 1. The van der Waals surface area contributed by atoms with Gasteiger partial charge in [-0.3, -0.25) is 9.52 Å². The predicted molar refractivity (Wildman–Crippen MR) is 114 cm³/mol. The fourth-order valence-corrected chi connectivity index (χ4v) is 4.50. The minimum Gasteiger partial charge on any atom is -0.494 e. The van der Waals surface area contributed by atoms with E-state index in [9.17, 15) is 13.2 Å². The van der Waals surface area contributed by atoms with Gasteiger partial charge in [0.2, 0.25) is 0 Å². The first-order valence-corrected chi connectivity index (χ1v) is 11.5. The summed E-state index contributed by atoms with van der Waals surface area (Å²) < 4.78 is 33.5. The Kier molecular flexibility index (Phi) is 6.70. The number of carbonyl (C=O) groups is 1. The first kappa shape index (κ1) is 21.5. The predicted octanol–water partition coefficient (Wildman–Crippen LogP) is 4.41. The van der Waals surface area contributed by atoms with Crippen LogP contribution in [0.1, 0.15) is 37.0 Å². The van der Waals surface area contributed by atoms with E-state index in [1.165, 1.54) is 18.2 Å². The van der Waals surface area contributed by atoms with E-state index in [0.29, 0.717) is 37.1 Å². The molecule has 1 saturated heterocycles. The van der Waals surface area contributed by atoms with Crippen molar-refractivity contribution in [2.45, 2.75) is 31.6 Å². The summed E-state index contributed by atoms with van der Waals surface area (Å²) >= 11 is 6.22. The van der Waals surface area contributed by atoms with E-state index in [0.717, 1.165) is 12.8 Å². The Morgan fingerprint density at radius 1 is 1.17 bits per heavy atom. The Morgan fingerprint density at radius 2 is 1.83 bits per heavy atom. The van der Waals surface area contributed by atoms with Gasteiger partial charge in [0.15, 0.2) is 0 Å². The monoisotopic (exact) mass is 436 g/mol. The smallest absolute Gasteiger partial charge is 0.261 e. The average molecular weight is 437 g/mol. The fraction of sp³-hybridized carbons (Fsp3) is 0.381. The maximum atomic E-state index is 12.9. The van der Waals surface area contributed by atoms with E-state index in [2.05, 4.69) is 11.6 Å². The number of piperidine rings is 1. The van der Waals surface area contributed by atoms with Crippen molar-refractivity contribution in [1.29, 1.82) is 0 Å². The average Bonchev–Trinajstić information content (AvgIpc) is 2.70. The van der Waals surface area contributed by atoms with E-state index >= 15 is 0 Å². The van der Waals surface area contributed by atoms with Crippen LogP contribution in [0.3, 0.4) is 0 Å². The maximum Gasteiger partial charge on any atom is 0.261 e. The highest BCUT2D eigenvalue weighted by Gasteiger charge is 2.25. The van der Waals surface area contributed by atoms with Gasteiger partial charge >= 0.3 is 0 Å². The van der Waals surface area contributed by atoms with Gasteiger partial charge in [-0.2, -0.15) is 0 Å². The molecule has 2 aromatic carbocycles. The Morgan fingerprint density at radius 3 is 2.45 bits per heavy atom. The molecule has 156 valence electrons. The van der Waals surface area contributed by atoms with Crippen LogP contribution in [0.25, 0.3) is 0 Å². The van der Waals surface area contributed by atoms with Crippen molar-refractivity contribution in [2.24, 2.45) is 5.92 Å². The fourth-order valence-electron chi connectivity index (χ4n) is 3.22. The number of benzene rings is 2. The van der Waals surface area contributed by atoms with E-state index in [1.807, 2.05) is 6.92 Å². The van der Waals surface area contributed by atoms with Crippen LogP contribution in [0.4, 0.5) is 5.69 Å². The van der Waals surface area contributed by atoms with Crippen LogP contribution in [0.15, 0.2) is 47.4 Å². The number of hydrogen-bond donors (Lipinski definition) is 1. The number of hydrogen-bond acceptors (Lipinski definition) is 4. The summed E-state index contributed by atoms with van der Waals surface area (Å²) in [5.41, 5.74) is 0.608. The van der Waals surface area contributed by atoms with E-state index < -0.39 is 10.0 Å². The first-order valence-electron chi connectivity index (χ1n) is 9.64. The lowest BCUT2D eigenvalue weighted by molar-refractivity contribution is 0.0697. The van der Waals surface area contributed by atoms with Crippen molar-refractivity contribution in [1.82, 2.24) is 4.90 Å². The molecule has 1 aliphatic heterocycles. The molecule has 0 unspecified atom stereocenters. The van der Waals surface area contributed by atoms with Gasteiger partial charge < -0.3 is 9.64 Å². The van der Waals surface area contributed by atoms with Gasteiger partial charge in [-0.1, -0.05) is 18.5 Å². The molecule has 1 amide bonds. The van der Waals surface area contributed by atoms with Gasteiger partial charge in [0.1, 0.15) is 5.75 Å². The van der Waals surface area contributed by atoms with Crippen LogP contribution in [0.2, 0.25) is 5.02 Å². The topological polar surface area (TPSA) is 75.7 Å².